The lowest BCUT2D eigenvalue weighted by Gasteiger charge is -2.27. The zero-order valence-corrected chi connectivity index (χ0v) is 27.7. The van der Waals surface area contributed by atoms with E-state index in [-0.39, 0.29) is 0 Å². The van der Waals surface area contributed by atoms with Crippen molar-refractivity contribution in [2.24, 2.45) is 0 Å². The van der Waals surface area contributed by atoms with E-state index in [9.17, 15) is 0 Å². The summed E-state index contributed by atoms with van der Waals surface area (Å²) in [6.07, 6.45) is 0. The number of hydrogen-bond donors (Lipinski definition) is 1. The molecule has 0 bridgehead atoms. The van der Waals surface area contributed by atoms with Crippen LogP contribution in [0, 0.1) is 0 Å². The highest BCUT2D eigenvalue weighted by atomic mass is 15.1. The number of anilines is 5. The summed E-state index contributed by atoms with van der Waals surface area (Å²) in [4.78, 5) is 2.35. The molecule has 0 fully saturated rings. The maximum absolute atomic E-state index is 3.64. The van der Waals surface area contributed by atoms with Gasteiger partial charge in [0, 0.05) is 34.0 Å². The summed E-state index contributed by atoms with van der Waals surface area (Å²) in [7, 11) is 0. The monoisotopic (exact) mass is 640 g/mol. The number of rotatable bonds is 9. The van der Waals surface area contributed by atoms with Gasteiger partial charge in [0.15, 0.2) is 0 Å². The van der Waals surface area contributed by atoms with Crippen LogP contribution in [0.15, 0.2) is 212 Å². The van der Waals surface area contributed by atoms with Gasteiger partial charge in [-0.05, 0) is 93.5 Å². The average Bonchev–Trinajstić information content (AvgIpc) is 3.20. The molecule has 0 saturated heterocycles. The minimum atomic E-state index is 1.05. The average molecular weight is 641 g/mol. The molecular weight excluding hydrogens is 605 g/mol. The zero-order valence-electron chi connectivity index (χ0n) is 27.7. The van der Waals surface area contributed by atoms with Crippen molar-refractivity contribution >= 4 is 28.4 Å². The Morgan fingerprint density at radius 3 is 1.24 bits per heavy atom. The zero-order chi connectivity index (χ0) is 33.5. The predicted octanol–water partition coefficient (Wildman–Crippen LogP) is 13.6. The highest BCUT2D eigenvalue weighted by Gasteiger charge is 2.15. The molecule has 8 rings (SSSR count). The maximum atomic E-state index is 3.64. The van der Waals surface area contributed by atoms with Gasteiger partial charge in [-0.15, -0.1) is 0 Å². The summed E-state index contributed by atoms with van der Waals surface area (Å²) in [6.45, 7) is 0. The van der Waals surface area contributed by atoms with Gasteiger partial charge >= 0.3 is 0 Å². The summed E-state index contributed by atoms with van der Waals surface area (Å²) < 4.78 is 0. The lowest BCUT2D eigenvalue weighted by molar-refractivity contribution is 1.28. The molecule has 8 aromatic carbocycles. The van der Waals surface area contributed by atoms with Crippen LogP contribution in [-0.2, 0) is 0 Å². The quantitative estimate of drug-likeness (QED) is 0.169. The van der Waals surface area contributed by atoms with Crippen molar-refractivity contribution in [1.29, 1.82) is 0 Å². The molecule has 0 amide bonds. The second-order valence-corrected chi connectivity index (χ2v) is 12.3. The van der Waals surface area contributed by atoms with E-state index < -0.39 is 0 Å². The lowest BCUT2D eigenvalue weighted by atomic mass is 10.0. The highest BCUT2D eigenvalue weighted by Crippen LogP contribution is 2.39. The third-order valence-electron chi connectivity index (χ3n) is 9.06. The molecule has 0 radical (unpaired) electrons. The Hall–Kier alpha value is -6.64. The summed E-state index contributed by atoms with van der Waals surface area (Å²) in [5.41, 5.74) is 14.9. The Kier molecular flexibility index (Phi) is 8.73. The Bertz CT molecular complexity index is 2230. The van der Waals surface area contributed by atoms with Crippen LogP contribution in [0.4, 0.5) is 28.4 Å². The largest absolute Gasteiger partial charge is 0.355 e. The van der Waals surface area contributed by atoms with Gasteiger partial charge in [-0.3, -0.25) is 0 Å². The molecule has 0 spiro atoms. The number of hydrogen-bond acceptors (Lipinski definition) is 2. The van der Waals surface area contributed by atoms with E-state index >= 15 is 0 Å². The number of nitrogens with zero attached hydrogens (tertiary/aromatic N) is 1. The molecule has 0 aromatic heterocycles. The highest BCUT2D eigenvalue weighted by molar-refractivity contribution is 5.84. The van der Waals surface area contributed by atoms with Crippen LogP contribution < -0.4 is 10.2 Å². The molecule has 2 heteroatoms. The van der Waals surface area contributed by atoms with E-state index in [1.54, 1.807) is 0 Å². The van der Waals surface area contributed by atoms with Gasteiger partial charge in [0.2, 0.25) is 0 Å². The standard InChI is InChI=1S/C48H36N2/c1-4-14-36(15-5-1)41-20-12-22-45(34-41)50(46-23-13-21-42(35-46)37-16-6-2-7-17-37)44-32-28-39(29-33-44)38-26-30-43(31-27-38)49-48-25-11-10-24-47(48)40-18-8-3-9-19-40/h1-35,49H. The van der Waals surface area contributed by atoms with Crippen LogP contribution in [0.1, 0.15) is 0 Å². The van der Waals surface area contributed by atoms with Gasteiger partial charge < -0.3 is 10.2 Å². The van der Waals surface area contributed by atoms with Crippen molar-refractivity contribution in [3.63, 3.8) is 0 Å². The Morgan fingerprint density at radius 1 is 0.280 bits per heavy atom. The second kappa shape index (κ2) is 14.2. The first-order valence-electron chi connectivity index (χ1n) is 17.0. The molecule has 1 N–H and O–H groups in total. The van der Waals surface area contributed by atoms with E-state index in [1.807, 2.05) is 0 Å². The van der Waals surface area contributed by atoms with Crippen LogP contribution in [0.3, 0.4) is 0 Å². The number of para-hydroxylation sites is 1. The molecule has 238 valence electrons. The van der Waals surface area contributed by atoms with Gasteiger partial charge in [-0.25, -0.2) is 0 Å². The smallest absolute Gasteiger partial charge is 0.0467 e. The first-order valence-corrected chi connectivity index (χ1v) is 17.0. The minimum absolute atomic E-state index is 1.05. The molecule has 8 aromatic rings. The van der Waals surface area contributed by atoms with E-state index in [0.29, 0.717) is 0 Å². The molecule has 2 nitrogen and oxygen atoms in total. The van der Waals surface area contributed by atoms with Gasteiger partial charge in [-0.2, -0.15) is 0 Å². The fourth-order valence-electron chi connectivity index (χ4n) is 6.52. The second-order valence-electron chi connectivity index (χ2n) is 12.3. The minimum Gasteiger partial charge on any atom is -0.355 e. The van der Waals surface area contributed by atoms with Crippen LogP contribution in [-0.4, -0.2) is 0 Å². The van der Waals surface area contributed by atoms with Gasteiger partial charge in [-0.1, -0.05) is 158 Å². The van der Waals surface area contributed by atoms with E-state index in [4.69, 9.17) is 0 Å². The molecule has 0 heterocycles. The van der Waals surface area contributed by atoms with Crippen LogP contribution in [0.2, 0.25) is 0 Å². The van der Waals surface area contributed by atoms with Crippen LogP contribution in [0.25, 0.3) is 44.5 Å². The normalized spacial score (nSPS) is 10.8. The van der Waals surface area contributed by atoms with E-state index in [2.05, 4.69) is 223 Å². The number of benzene rings is 8. The molecule has 0 aliphatic heterocycles. The fourth-order valence-corrected chi connectivity index (χ4v) is 6.52. The Labute approximate surface area is 294 Å². The van der Waals surface area contributed by atoms with Crippen LogP contribution >= 0.6 is 0 Å². The molecule has 0 aliphatic rings. The van der Waals surface area contributed by atoms with E-state index in [1.165, 1.54) is 44.5 Å². The molecule has 0 atom stereocenters. The van der Waals surface area contributed by atoms with Gasteiger partial charge in [0.1, 0.15) is 0 Å². The van der Waals surface area contributed by atoms with Gasteiger partial charge in [0.25, 0.3) is 0 Å². The first kappa shape index (κ1) is 30.7. The predicted molar refractivity (Wildman–Crippen MR) is 213 cm³/mol. The van der Waals surface area contributed by atoms with Crippen molar-refractivity contribution in [3.8, 4) is 44.5 Å². The molecule has 0 aliphatic carbocycles. The summed E-state index contributed by atoms with van der Waals surface area (Å²) in [6, 6.07) is 75.3. The third kappa shape index (κ3) is 6.69. The fraction of sp³-hybridized carbons (Fsp3) is 0. The van der Waals surface area contributed by atoms with Crippen molar-refractivity contribution in [2.75, 3.05) is 10.2 Å². The Morgan fingerprint density at radius 2 is 0.700 bits per heavy atom. The summed E-state index contributed by atoms with van der Waals surface area (Å²) in [5.74, 6) is 0. The molecular formula is C48H36N2. The molecule has 50 heavy (non-hydrogen) atoms. The van der Waals surface area contributed by atoms with Crippen molar-refractivity contribution in [1.82, 2.24) is 0 Å². The third-order valence-corrected chi connectivity index (χ3v) is 9.06. The molecule has 0 saturated carbocycles. The lowest BCUT2D eigenvalue weighted by Crippen LogP contribution is -2.10. The van der Waals surface area contributed by atoms with Crippen molar-refractivity contribution < 1.29 is 0 Å². The van der Waals surface area contributed by atoms with Crippen molar-refractivity contribution in [3.05, 3.63) is 212 Å². The summed E-state index contributed by atoms with van der Waals surface area (Å²) >= 11 is 0. The number of nitrogens with one attached hydrogen (secondary N) is 1. The summed E-state index contributed by atoms with van der Waals surface area (Å²) in [5, 5.41) is 3.64. The van der Waals surface area contributed by atoms with Crippen LogP contribution in [0.5, 0.6) is 0 Å². The van der Waals surface area contributed by atoms with E-state index in [0.717, 1.165) is 28.4 Å². The molecule has 0 unspecified atom stereocenters. The maximum Gasteiger partial charge on any atom is 0.0467 e. The SMILES string of the molecule is c1ccc(-c2cccc(N(c3ccc(-c4ccc(Nc5ccccc5-c5ccccc5)cc4)cc3)c3cccc(-c4ccccc4)c3)c2)cc1. The Balaban J connectivity index is 1.10. The van der Waals surface area contributed by atoms with Gasteiger partial charge in [0.05, 0.1) is 0 Å². The first-order chi connectivity index (χ1) is 24.8. The van der Waals surface area contributed by atoms with Crippen molar-refractivity contribution in [2.45, 2.75) is 0 Å². The topological polar surface area (TPSA) is 15.3 Å².